The van der Waals surface area contributed by atoms with E-state index in [-0.39, 0.29) is 23.8 Å². The average molecular weight is 269 g/mol. The van der Waals surface area contributed by atoms with Crippen molar-refractivity contribution in [1.82, 2.24) is 10.2 Å². The maximum Gasteiger partial charge on any atom is 0.242 e. The highest BCUT2D eigenvalue weighted by Crippen LogP contribution is 2.18. The van der Waals surface area contributed by atoms with Crippen molar-refractivity contribution in [3.63, 3.8) is 0 Å². The van der Waals surface area contributed by atoms with Crippen LogP contribution in [0.4, 0.5) is 0 Å². The fraction of sp³-hybridized carbons (Fsp3) is 0.769. The van der Waals surface area contributed by atoms with Gasteiger partial charge in [-0.2, -0.15) is 0 Å². The smallest absolute Gasteiger partial charge is 0.242 e. The third kappa shape index (κ3) is 4.89. The normalized spacial score (nSPS) is 19.3. The molecule has 0 unspecified atom stereocenters. The van der Waals surface area contributed by atoms with Gasteiger partial charge in [-0.1, -0.05) is 20.8 Å². The molecule has 0 aromatic heterocycles. The molecule has 19 heavy (non-hydrogen) atoms. The van der Waals surface area contributed by atoms with Gasteiger partial charge in [0.15, 0.2) is 0 Å². The molecule has 1 aliphatic rings. The summed E-state index contributed by atoms with van der Waals surface area (Å²) in [7, 11) is 0. The van der Waals surface area contributed by atoms with Crippen LogP contribution in [0.1, 0.15) is 40.0 Å². The summed E-state index contributed by atoms with van der Waals surface area (Å²) in [5.41, 5.74) is 5.13. The van der Waals surface area contributed by atoms with E-state index in [4.69, 9.17) is 5.73 Å². The Hall–Kier alpha value is -1.59. The Balaban J connectivity index is 2.43. The van der Waals surface area contributed by atoms with Gasteiger partial charge in [0.2, 0.25) is 17.7 Å². The number of nitrogens with zero attached hydrogens (tertiary/aromatic N) is 1. The Kier molecular flexibility index (Phi) is 4.91. The predicted octanol–water partition coefficient (Wildman–Crippen LogP) is 0.0151. The Morgan fingerprint density at radius 3 is 2.47 bits per heavy atom. The van der Waals surface area contributed by atoms with E-state index in [2.05, 4.69) is 5.32 Å². The fourth-order valence-corrected chi connectivity index (χ4v) is 2.18. The van der Waals surface area contributed by atoms with Crippen LogP contribution in [0, 0.1) is 5.41 Å². The number of likely N-dealkylation sites (tertiary alicyclic amines) is 1. The molecule has 0 radical (unpaired) electrons. The standard InChI is InChI=1S/C13H23N3O3/c1-13(2,3)7-10(17)15-8-11(18)16-6-4-5-9(16)12(14)19/h9H,4-8H2,1-3H3,(H2,14,19)(H,15,17)/t9-/m0/s1. The van der Waals surface area contributed by atoms with Crippen molar-refractivity contribution in [2.75, 3.05) is 13.1 Å². The highest BCUT2D eigenvalue weighted by molar-refractivity contribution is 5.90. The molecule has 6 heteroatoms. The lowest BCUT2D eigenvalue weighted by Crippen LogP contribution is -2.47. The molecule has 3 N–H and O–H groups in total. The van der Waals surface area contributed by atoms with Crippen molar-refractivity contribution in [3.8, 4) is 0 Å². The van der Waals surface area contributed by atoms with E-state index in [0.29, 0.717) is 19.4 Å². The zero-order valence-electron chi connectivity index (χ0n) is 11.9. The summed E-state index contributed by atoms with van der Waals surface area (Å²) in [4.78, 5) is 36.2. The summed E-state index contributed by atoms with van der Waals surface area (Å²) in [6.07, 6.45) is 1.74. The van der Waals surface area contributed by atoms with Crippen LogP contribution in [-0.4, -0.2) is 41.8 Å². The molecular formula is C13H23N3O3. The maximum atomic E-state index is 11.9. The predicted molar refractivity (Wildman–Crippen MR) is 71.0 cm³/mol. The zero-order chi connectivity index (χ0) is 14.6. The Morgan fingerprint density at radius 2 is 1.95 bits per heavy atom. The fourth-order valence-electron chi connectivity index (χ4n) is 2.18. The summed E-state index contributed by atoms with van der Waals surface area (Å²) < 4.78 is 0. The topological polar surface area (TPSA) is 92.5 Å². The maximum absolute atomic E-state index is 11.9. The van der Waals surface area contributed by atoms with Crippen molar-refractivity contribution in [3.05, 3.63) is 0 Å². The average Bonchev–Trinajstić information content (AvgIpc) is 2.72. The SMILES string of the molecule is CC(C)(C)CC(=O)NCC(=O)N1CCC[C@H]1C(N)=O. The largest absolute Gasteiger partial charge is 0.368 e. The summed E-state index contributed by atoms with van der Waals surface area (Å²) in [6.45, 7) is 6.33. The number of carbonyl (C=O) groups is 3. The lowest BCUT2D eigenvalue weighted by Gasteiger charge is -2.23. The van der Waals surface area contributed by atoms with Gasteiger partial charge in [0, 0.05) is 13.0 Å². The minimum absolute atomic E-state index is 0.0707. The first kappa shape index (κ1) is 15.5. The molecule has 1 fully saturated rings. The quantitative estimate of drug-likeness (QED) is 0.753. The van der Waals surface area contributed by atoms with Gasteiger partial charge in [-0.05, 0) is 18.3 Å². The molecule has 0 aliphatic carbocycles. The van der Waals surface area contributed by atoms with E-state index in [9.17, 15) is 14.4 Å². The van der Waals surface area contributed by atoms with Gasteiger partial charge in [0.05, 0.1) is 6.54 Å². The molecule has 3 amide bonds. The molecule has 1 saturated heterocycles. The molecule has 6 nitrogen and oxygen atoms in total. The molecule has 108 valence electrons. The number of carbonyl (C=O) groups excluding carboxylic acids is 3. The van der Waals surface area contributed by atoms with Crippen molar-refractivity contribution >= 4 is 17.7 Å². The van der Waals surface area contributed by atoms with Crippen LogP contribution >= 0.6 is 0 Å². The second-order valence-electron chi connectivity index (χ2n) is 6.16. The van der Waals surface area contributed by atoms with Crippen LogP contribution in [0.3, 0.4) is 0 Å². The van der Waals surface area contributed by atoms with E-state index in [1.807, 2.05) is 20.8 Å². The van der Waals surface area contributed by atoms with E-state index >= 15 is 0 Å². The molecule has 0 saturated carbocycles. The van der Waals surface area contributed by atoms with Crippen molar-refractivity contribution < 1.29 is 14.4 Å². The minimum atomic E-state index is -0.521. The zero-order valence-corrected chi connectivity index (χ0v) is 11.9. The first-order valence-corrected chi connectivity index (χ1v) is 6.56. The first-order valence-electron chi connectivity index (χ1n) is 6.56. The van der Waals surface area contributed by atoms with Crippen molar-refractivity contribution in [1.29, 1.82) is 0 Å². The Bertz CT molecular complexity index is 374. The minimum Gasteiger partial charge on any atom is -0.368 e. The van der Waals surface area contributed by atoms with Gasteiger partial charge in [-0.3, -0.25) is 14.4 Å². The van der Waals surface area contributed by atoms with Gasteiger partial charge in [0.1, 0.15) is 6.04 Å². The monoisotopic (exact) mass is 269 g/mol. The number of nitrogens with two attached hydrogens (primary N) is 1. The Morgan fingerprint density at radius 1 is 1.32 bits per heavy atom. The lowest BCUT2D eigenvalue weighted by molar-refractivity contribution is -0.137. The summed E-state index contributed by atoms with van der Waals surface area (Å²) in [6, 6.07) is -0.521. The lowest BCUT2D eigenvalue weighted by atomic mass is 9.92. The van der Waals surface area contributed by atoms with Crippen molar-refractivity contribution in [2.45, 2.75) is 46.1 Å². The molecule has 1 rings (SSSR count). The number of primary amides is 1. The van der Waals surface area contributed by atoms with E-state index < -0.39 is 11.9 Å². The summed E-state index contributed by atoms with van der Waals surface area (Å²) in [5, 5.41) is 2.59. The number of amides is 3. The number of hydrogen-bond donors (Lipinski definition) is 2. The molecular weight excluding hydrogens is 246 g/mol. The molecule has 1 atom stereocenters. The van der Waals surface area contributed by atoms with Gasteiger partial charge in [0.25, 0.3) is 0 Å². The van der Waals surface area contributed by atoms with Crippen LogP contribution in [0.2, 0.25) is 0 Å². The second-order valence-corrected chi connectivity index (χ2v) is 6.16. The molecule has 0 aromatic carbocycles. The summed E-state index contributed by atoms with van der Waals surface area (Å²) in [5.74, 6) is -0.883. The first-order chi connectivity index (χ1) is 8.70. The second kappa shape index (κ2) is 6.04. The molecule has 1 aliphatic heterocycles. The highest BCUT2D eigenvalue weighted by Gasteiger charge is 2.32. The summed E-state index contributed by atoms with van der Waals surface area (Å²) >= 11 is 0. The number of hydrogen-bond acceptors (Lipinski definition) is 3. The molecule has 0 spiro atoms. The van der Waals surface area contributed by atoms with Crippen molar-refractivity contribution in [2.24, 2.45) is 11.1 Å². The third-order valence-electron chi connectivity index (χ3n) is 3.03. The van der Waals surface area contributed by atoms with E-state index in [1.165, 1.54) is 4.90 Å². The van der Waals surface area contributed by atoms with Crippen LogP contribution < -0.4 is 11.1 Å². The van der Waals surface area contributed by atoms with Crippen LogP contribution in [0.5, 0.6) is 0 Å². The van der Waals surface area contributed by atoms with Crippen LogP contribution in [0.25, 0.3) is 0 Å². The van der Waals surface area contributed by atoms with Gasteiger partial charge in [-0.25, -0.2) is 0 Å². The highest BCUT2D eigenvalue weighted by atomic mass is 16.2. The Labute approximate surface area is 113 Å². The third-order valence-corrected chi connectivity index (χ3v) is 3.03. The number of rotatable bonds is 4. The van der Waals surface area contributed by atoms with E-state index in [0.717, 1.165) is 6.42 Å². The van der Waals surface area contributed by atoms with Gasteiger partial charge >= 0.3 is 0 Å². The molecule has 0 bridgehead atoms. The molecule has 1 heterocycles. The molecule has 0 aromatic rings. The van der Waals surface area contributed by atoms with Gasteiger partial charge < -0.3 is 16.0 Å². The van der Waals surface area contributed by atoms with Crippen LogP contribution in [-0.2, 0) is 14.4 Å². The van der Waals surface area contributed by atoms with Crippen LogP contribution in [0.15, 0.2) is 0 Å². The number of nitrogens with one attached hydrogen (secondary N) is 1. The van der Waals surface area contributed by atoms with Gasteiger partial charge in [-0.15, -0.1) is 0 Å². The van der Waals surface area contributed by atoms with E-state index in [1.54, 1.807) is 0 Å².